The van der Waals surface area contributed by atoms with Crippen molar-refractivity contribution in [2.24, 2.45) is 0 Å². The molecule has 7 nitrogen and oxygen atoms in total. The highest BCUT2D eigenvalue weighted by molar-refractivity contribution is 7.89. The number of ether oxygens (including phenoxy) is 1. The molecule has 3 aromatic rings. The average Bonchev–Trinajstić information content (AvgIpc) is 3.20. The van der Waals surface area contributed by atoms with Crippen molar-refractivity contribution in [3.63, 3.8) is 0 Å². The van der Waals surface area contributed by atoms with Gasteiger partial charge in [0.15, 0.2) is 5.76 Å². The summed E-state index contributed by atoms with van der Waals surface area (Å²) < 4.78 is 38.5. The Morgan fingerprint density at radius 1 is 1.04 bits per heavy atom. The van der Waals surface area contributed by atoms with Gasteiger partial charge in [-0.2, -0.15) is 0 Å². The lowest BCUT2D eigenvalue weighted by molar-refractivity contribution is 0.0926. The van der Waals surface area contributed by atoms with E-state index in [1.165, 1.54) is 18.4 Å². The van der Waals surface area contributed by atoms with Crippen LogP contribution in [0.4, 0.5) is 0 Å². The third-order valence-electron chi connectivity index (χ3n) is 3.88. The van der Waals surface area contributed by atoms with E-state index in [0.29, 0.717) is 17.7 Å². The number of hydrogen-bond donors (Lipinski definition) is 2. The first kappa shape index (κ1) is 18.9. The standard InChI is InChI=1S/C19H20N2O5S/c1-2-25-16-9-10-18(15-7-4-3-6-14(15)16)27(23,24)21-12-11-20-19(22)17-8-5-13-26-17/h3-10,13,21H,2,11-12H2,1H3,(H,20,22). The number of nitrogens with one attached hydrogen (secondary N) is 2. The summed E-state index contributed by atoms with van der Waals surface area (Å²) in [6, 6.07) is 13.5. The van der Waals surface area contributed by atoms with Crippen LogP contribution in [0.5, 0.6) is 5.75 Å². The number of carbonyl (C=O) groups excluding carboxylic acids is 1. The van der Waals surface area contributed by atoms with E-state index >= 15 is 0 Å². The summed E-state index contributed by atoms with van der Waals surface area (Å²) in [5, 5.41) is 3.90. The third kappa shape index (κ3) is 4.29. The minimum atomic E-state index is -3.75. The summed E-state index contributed by atoms with van der Waals surface area (Å²) in [4.78, 5) is 11.9. The van der Waals surface area contributed by atoms with Gasteiger partial charge in [-0.3, -0.25) is 4.79 Å². The first-order valence-corrected chi connectivity index (χ1v) is 9.97. The molecule has 3 rings (SSSR count). The molecule has 2 N–H and O–H groups in total. The highest BCUT2D eigenvalue weighted by Crippen LogP contribution is 2.30. The first-order chi connectivity index (χ1) is 13.0. The van der Waals surface area contributed by atoms with Crippen molar-refractivity contribution in [3.05, 3.63) is 60.6 Å². The average molecular weight is 388 g/mol. The van der Waals surface area contributed by atoms with Crippen molar-refractivity contribution >= 4 is 26.7 Å². The van der Waals surface area contributed by atoms with E-state index in [-0.39, 0.29) is 23.7 Å². The molecule has 142 valence electrons. The highest BCUT2D eigenvalue weighted by Gasteiger charge is 2.19. The Kier molecular flexibility index (Phi) is 5.78. The second-order valence-electron chi connectivity index (χ2n) is 5.67. The predicted octanol–water partition coefficient (Wildman–Crippen LogP) is 2.54. The normalized spacial score (nSPS) is 11.4. The van der Waals surface area contributed by atoms with Gasteiger partial charge in [-0.1, -0.05) is 24.3 Å². The Morgan fingerprint density at radius 3 is 2.52 bits per heavy atom. The fourth-order valence-corrected chi connectivity index (χ4v) is 3.93. The zero-order valence-corrected chi connectivity index (χ0v) is 15.6. The van der Waals surface area contributed by atoms with Crippen LogP contribution in [0.2, 0.25) is 0 Å². The molecule has 0 aliphatic carbocycles. The van der Waals surface area contributed by atoms with Gasteiger partial charge >= 0.3 is 0 Å². The molecule has 0 spiro atoms. The van der Waals surface area contributed by atoms with Crippen molar-refractivity contribution in [2.45, 2.75) is 11.8 Å². The largest absolute Gasteiger partial charge is 0.493 e. The van der Waals surface area contributed by atoms with Crippen LogP contribution in [0.3, 0.4) is 0 Å². The SMILES string of the molecule is CCOc1ccc(S(=O)(=O)NCCNC(=O)c2ccco2)c2ccccc12. The van der Waals surface area contributed by atoms with E-state index in [0.717, 1.165) is 5.39 Å². The fourth-order valence-electron chi connectivity index (χ4n) is 2.69. The monoisotopic (exact) mass is 388 g/mol. The van der Waals surface area contributed by atoms with E-state index in [2.05, 4.69) is 10.0 Å². The molecular formula is C19H20N2O5S. The molecule has 0 bridgehead atoms. The summed E-state index contributed by atoms with van der Waals surface area (Å²) in [6.45, 7) is 2.55. The molecule has 27 heavy (non-hydrogen) atoms. The molecule has 0 aliphatic heterocycles. The van der Waals surface area contributed by atoms with E-state index in [1.807, 2.05) is 19.1 Å². The summed E-state index contributed by atoms with van der Waals surface area (Å²) in [5.74, 6) is 0.416. The Bertz CT molecular complexity index is 1030. The third-order valence-corrected chi connectivity index (χ3v) is 5.40. The maximum Gasteiger partial charge on any atom is 0.287 e. The van der Waals surface area contributed by atoms with Crippen LogP contribution in [0.15, 0.2) is 64.1 Å². The van der Waals surface area contributed by atoms with Crippen LogP contribution in [-0.2, 0) is 10.0 Å². The first-order valence-electron chi connectivity index (χ1n) is 8.49. The molecule has 0 radical (unpaired) electrons. The number of fused-ring (bicyclic) bond motifs is 1. The molecule has 0 atom stereocenters. The van der Waals surface area contributed by atoms with Gasteiger partial charge in [-0.15, -0.1) is 0 Å². The second-order valence-corrected chi connectivity index (χ2v) is 7.41. The number of benzene rings is 2. The van der Waals surface area contributed by atoms with Gasteiger partial charge in [0.1, 0.15) is 5.75 Å². The molecule has 8 heteroatoms. The van der Waals surface area contributed by atoms with Gasteiger partial charge in [0.05, 0.1) is 17.8 Å². The van der Waals surface area contributed by atoms with Gasteiger partial charge in [0, 0.05) is 23.9 Å². The van der Waals surface area contributed by atoms with E-state index in [1.54, 1.807) is 24.3 Å². The van der Waals surface area contributed by atoms with Crippen molar-refractivity contribution < 1.29 is 22.4 Å². The maximum atomic E-state index is 12.7. The number of hydrogen-bond acceptors (Lipinski definition) is 5. The Balaban J connectivity index is 1.71. The van der Waals surface area contributed by atoms with Gasteiger partial charge in [-0.25, -0.2) is 13.1 Å². The zero-order chi connectivity index (χ0) is 19.3. The van der Waals surface area contributed by atoms with Crippen LogP contribution in [0.1, 0.15) is 17.5 Å². The number of rotatable bonds is 8. The molecule has 0 fully saturated rings. The summed E-state index contributed by atoms with van der Waals surface area (Å²) in [6.07, 6.45) is 1.40. The van der Waals surface area contributed by atoms with E-state index in [9.17, 15) is 13.2 Å². The highest BCUT2D eigenvalue weighted by atomic mass is 32.2. The Labute approximate surface area is 157 Å². The lowest BCUT2D eigenvalue weighted by Gasteiger charge is -2.13. The summed E-state index contributed by atoms with van der Waals surface area (Å²) in [5.41, 5.74) is 0. The Hall–Kier alpha value is -2.84. The second kappa shape index (κ2) is 8.24. The van der Waals surface area contributed by atoms with Crippen LogP contribution < -0.4 is 14.8 Å². The van der Waals surface area contributed by atoms with Crippen LogP contribution in [0.25, 0.3) is 10.8 Å². The molecule has 1 aromatic heterocycles. The lowest BCUT2D eigenvalue weighted by atomic mass is 10.1. The van der Waals surface area contributed by atoms with Crippen LogP contribution >= 0.6 is 0 Å². The van der Waals surface area contributed by atoms with Crippen molar-refractivity contribution in [2.75, 3.05) is 19.7 Å². The maximum absolute atomic E-state index is 12.7. The van der Waals surface area contributed by atoms with E-state index in [4.69, 9.17) is 9.15 Å². The minimum Gasteiger partial charge on any atom is -0.493 e. The number of amides is 1. The molecule has 0 aliphatic rings. The summed E-state index contributed by atoms with van der Waals surface area (Å²) in [7, 11) is -3.75. The number of carbonyl (C=O) groups is 1. The molecular weight excluding hydrogens is 368 g/mol. The van der Waals surface area contributed by atoms with Crippen LogP contribution in [0, 0.1) is 0 Å². The molecule has 0 saturated heterocycles. The smallest absolute Gasteiger partial charge is 0.287 e. The van der Waals surface area contributed by atoms with Crippen molar-refractivity contribution in [1.82, 2.24) is 10.0 Å². The predicted molar refractivity (Wildman–Crippen MR) is 101 cm³/mol. The quantitative estimate of drug-likeness (QED) is 0.578. The molecule has 0 saturated carbocycles. The topological polar surface area (TPSA) is 97.6 Å². The lowest BCUT2D eigenvalue weighted by Crippen LogP contribution is -2.34. The van der Waals surface area contributed by atoms with Gasteiger partial charge in [0.25, 0.3) is 5.91 Å². The minimum absolute atomic E-state index is 0.0519. The fraction of sp³-hybridized carbons (Fsp3) is 0.211. The Morgan fingerprint density at radius 2 is 1.81 bits per heavy atom. The van der Waals surface area contributed by atoms with Crippen molar-refractivity contribution in [1.29, 1.82) is 0 Å². The molecule has 1 amide bonds. The molecule has 1 heterocycles. The van der Waals surface area contributed by atoms with E-state index < -0.39 is 15.9 Å². The van der Waals surface area contributed by atoms with Gasteiger partial charge in [-0.05, 0) is 31.2 Å². The van der Waals surface area contributed by atoms with Gasteiger partial charge in [0.2, 0.25) is 10.0 Å². The number of furan rings is 1. The van der Waals surface area contributed by atoms with Crippen molar-refractivity contribution in [3.8, 4) is 5.75 Å². The van der Waals surface area contributed by atoms with Gasteiger partial charge < -0.3 is 14.5 Å². The number of sulfonamides is 1. The summed E-state index contributed by atoms with van der Waals surface area (Å²) >= 11 is 0. The molecule has 0 unspecified atom stereocenters. The van der Waals surface area contributed by atoms with Crippen LogP contribution in [-0.4, -0.2) is 34.0 Å². The molecule has 2 aromatic carbocycles. The zero-order valence-electron chi connectivity index (χ0n) is 14.8.